The highest BCUT2D eigenvalue weighted by Crippen LogP contribution is 1.97. The molecule has 0 bridgehead atoms. The summed E-state index contributed by atoms with van der Waals surface area (Å²) in [6, 6.07) is -1.27. The molecule has 0 fully saturated rings. The molecule has 0 aliphatic carbocycles. The van der Waals surface area contributed by atoms with Crippen molar-refractivity contribution in [3.05, 3.63) is 0 Å². The topological polar surface area (TPSA) is 121 Å². The third-order valence-electron chi connectivity index (χ3n) is 1.07. The van der Waals surface area contributed by atoms with Crippen molar-refractivity contribution in [1.82, 2.24) is 4.90 Å². The van der Waals surface area contributed by atoms with E-state index in [2.05, 4.69) is 5.73 Å². The first-order valence-electron chi connectivity index (χ1n) is 2.89. The van der Waals surface area contributed by atoms with E-state index in [1.54, 1.807) is 0 Å². The van der Waals surface area contributed by atoms with Crippen molar-refractivity contribution in [1.29, 1.82) is 0 Å². The minimum absolute atomic E-state index is 0.0442. The fourth-order valence-corrected chi connectivity index (χ4v) is 0.548. The lowest BCUT2D eigenvalue weighted by molar-refractivity contribution is -0.137. The van der Waals surface area contributed by atoms with Gasteiger partial charge in [0.25, 0.3) is 0 Å². The van der Waals surface area contributed by atoms with Crippen LogP contribution in [-0.4, -0.2) is 46.2 Å². The van der Waals surface area contributed by atoms with E-state index < -0.39 is 18.5 Å². The molecular formula is C5H8N2O5. The highest BCUT2D eigenvalue weighted by molar-refractivity contribution is 5.79. The molecule has 0 radical (unpaired) electrons. The van der Waals surface area contributed by atoms with Crippen molar-refractivity contribution >= 4 is 18.6 Å². The van der Waals surface area contributed by atoms with Gasteiger partial charge in [0.05, 0.1) is 0 Å². The van der Waals surface area contributed by atoms with Crippen LogP contribution in [0.15, 0.2) is 0 Å². The molecule has 2 unspecified atom stereocenters. The molecule has 4 N–H and O–H groups in total. The van der Waals surface area contributed by atoms with Gasteiger partial charge in [-0.15, -0.1) is 0 Å². The average molecular weight is 176 g/mol. The van der Waals surface area contributed by atoms with Crippen molar-refractivity contribution in [2.24, 2.45) is 5.73 Å². The third kappa shape index (κ3) is 2.29. The van der Waals surface area contributed by atoms with Gasteiger partial charge in [0.1, 0.15) is 0 Å². The summed E-state index contributed by atoms with van der Waals surface area (Å²) in [7, 11) is 0. The first-order chi connectivity index (χ1) is 5.54. The number of carbonyl (C=O) groups is 3. The van der Waals surface area contributed by atoms with E-state index in [-0.39, 0.29) is 17.5 Å². The molecule has 0 aromatic heterocycles. The van der Waals surface area contributed by atoms with Gasteiger partial charge in [-0.25, -0.2) is 4.79 Å². The van der Waals surface area contributed by atoms with Crippen molar-refractivity contribution < 1.29 is 24.6 Å². The van der Waals surface area contributed by atoms with Crippen LogP contribution in [0, 0.1) is 0 Å². The van der Waals surface area contributed by atoms with Crippen LogP contribution in [0.2, 0.25) is 0 Å². The number of rotatable bonds is 4. The Labute approximate surface area is 67.4 Å². The quantitative estimate of drug-likeness (QED) is 0.320. The summed E-state index contributed by atoms with van der Waals surface area (Å²) in [5.74, 6) is 0. The summed E-state index contributed by atoms with van der Waals surface area (Å²) in [6.45, 7) is 0. The number of carbonyl (C=O) groups excluding carboxylic acids is 3. The molecule has 68 valence electrons. The number of nitrogens with zero attached hydrogens (tertiary/aromatic N) is 1. The largest absolute Gasteiger partial charge is 0.367 e. The SMILES string of the molecule is NC(=O)N(C(O)C=O)C(O)C=O. The van der Waals surface area contributed by atoms with Crippen molar-refractivity contribution in [2.45, 2.75) is 12.5 Å². The third-order valence-corrected chi connectivity index (χ3v) is 1.07. The summed E-state index contributed by atoms with van der Waals surface area (Å²) in [5.41, 5.74) is 4.64. The van der Waals surface area contributed by atoms with Crippen LogP contribution in [0.1, 0.15) is 0 Å². The van der Waals surface area contributed by atoms with E-state index in [0.29, 0.717) is 0 Å². The maximum atomic E-state index is 10.4. The fourth-order valence-electron chi connectivity index (χ4n) is 0.548. The lowest BCUT2D eigenvalue weighted by Gasteiger charge is -2.23. The van der Waals surface area contributed by atoms with Crippen molar-refractivity contribution in [2.75, 3.05) is 0 Å². The Morgan fingerprint density at radius 2 is 1.58 bits per heavy atom. The summed E-state index contributed by atoms with van der Waals surface area (Å²) < 4.78 is 0. The minimum Gasteiger partial charge on any atom is -0.367 e. The Hall–Kier alpha value is -1.47. The van der Waals surface area contributed by atoms with E-state index in [1.165, 1.54) is 0 Å². The number of amides is 2. The molecule has 0 rings (SSSR count). The van der Waals surface area contributed by atoms with Crippen LogP contribution in [0.25, 0.3) is 0 Å². The first kappa shape index (κ1) is 10.5. The molecule has 2 atom stereocenters. The van der Waals surface area contributed by atoms with Crippen LogP contribution in [0.3, 0.4) is 0 Å². The Balaban J connectivity index is 4.52. The molecule has 0 saturated carbocycles. The van der Waals surface area contributed by atoms with Gasteiger partial charge in [0.15, 0.2) is 25.0 Å². The van der Waals surface area contributed by atoms with E-state index in [9.17, 15) is 14.4 Å². The normalized spacial score (nSPS) is 14.5. The average Bonchev–Trinajstić information content (AvgIpc) is 2.03. The maximum absolute atomic E-state index is 10.4. The Morgan fingerprint density at radius 3 is 1.75 bits per heavy atom. The summed E-state index contributed by atoms with van der Waals surface area (Å²) >= 11 is 0. The van der Waals surface area contributed by atoms with E-state index in [1.807, 2.05) is 0 Å². The minimum atomic E-state index is -1.91. The number of hydrogen-bond donors (Lipinski definition) is 3. The molecule has 0 aromatic carbocycles. The zero-order chi connectivity index (χ0) is 9.72. The van der Waals surface area contributed by atoms with Gasteiger partial charge < -0.3 is 15.9 Å². The van der Waals surface area contributed by atoms with Crippen LogP contribution >= 0.6 is 0 Å². The Bertz CT molecular complexity index is 180. The number of aliphatic hydroxyl groups is 2. The maximum Gasteiger partial charge on any atom is 0.319 e. The van der Waals surface area contributed by atoms with Gasteiger partial charge in [-0.05, 0) is 0 Å². The summed E-state index contributed by atoms with van der Waals surface area (Å²) in [6.07, 6.45) is -3.92. The highest BCUT2D eigenvalue weighted by Gasteiger charge is 2.25. The second kappa shape index (κ2) is 4.42. The second-order valence-electron chi connectivity index (χ2n) is 1.84. The predicted molar refractivity (Wildman–Crippen MR) is 35.6 cm³/mol. The van der Waals surface area contributed by atoms with Crippen molar-refractivity contribution in [3.63, 3.8) is 0 Å². The van der Waals surface area contributed by atoms with Gasteiger partial charge >= 0.3 is 6.03 Å². The standard InChI is InChI=1S/C5H8N2O5/c6-5(12)7(3(10)1-8)4(11)2-9/h1-4,10-11H,(H2,6,12). The molecule has 0 spiro atoms. The molecule has 2 amide bonds. The highest BCUT2D eigenvalue weighted by atomic mass is 16.3. The van der Waals surface area contributed by atoms with Gasteiger partial charge in [-0.3, -0.25) is 14.5 Å². The lowest BCUT2D eigenvalue weighted by atomic mass is 10.4. The Morgan fingerprint density at radius 1 is 1.25 bits per heavy atom. The van der Waals surface area contributed by atoms with Crippen LogP contribution in [-0.2, 0) is 9.59 Å². The number of nitrogens with two attached hydrogens (primary N) is 1. The zero-order valence-electron chi connectivity index (χ0n) is 5.95. The molecule has 7 heteroatoms. The number of hydrogen-bond acceptors (Lipinski definition) is 5. The van der Waals surface area contributed by atoms with Gasteiger partial charge in [-0.2, -0.15) is 0 Å². The number of urea groups is 1. The monoisotopic (exact) mass is 176 g/mol. The van der Waals surface area contributed by atoms with E-state index >= 15 is 0 Å². The van der Waals surface area contributed by atoms with Gasteiger partial charge in [0.2, 0.25) is 0 Å². The Kier molecular flexibility index (Phi) is 3.88. The lowest BCUT2D eigenvalue weighted by Crippen LogP contribution is -2.51. The second-order valence-corrected chi connectivity index (χ2v) is 1.84. The van der Waals surface area contributed by atoms with Gasteiger partial charge in [0, 0.05) is 0 Å². The molecule has 0 aromatic rings. The smallest absolute Gasteiger partial charge is 0.319 e. The number of aliphatic hydroxyl groups excluding tert-OH is 2. The molecule has 7 nitrogen and oxygen atoms in total. The van der Waals surface area contributed by atoms with E-state index in [4.69, 9.17) is 10.2 Å². The predicted octanol–water partition coefficient (Wildman–Crippen LogP) is -2.60. The fraction of sp³-hybridized carbons (Fsp3) is 0.400. The first-order valence-corrected chi connectivity index (χ1v) is 2.89. The van der Waals surface area contributed by atoms with E-state index in [0.717, 1.165) is 0 Å². The number of primary amides is 1. The summed E-state index contributed by atoms with van der Waals surface area (Å²) in [5, 5.41) is 17.5. The van der Waals surface area contributed by atoms with Crippen LogP contribution in [0.4, 0.5) is 4.79 Å². The molecule has 0 saturated heterocycles. The summed E-state index contributed by atoms with van der Waals surface area (Å²) in [4.78, 5) is 30.4. The van der Waals surface area contributed by atoms with Crippen molar-refractivity contribution in [3.8, 4) is 0 Å². The zero-order valence-corrected chi connectivity index (χ0v) is 5.95. The number of aldehydes is 2. The molecular weight excluding hydrogens is 168 g/mol. The molecule has 0 aliphatic heterocycles. The van der Waals surface area contributed by atoms with Crippen LogP contribution in [0.5, 0.6) is 0 Å². The molecule has 12 heavy (non-hydrogen) atoms. The molecule has 0 heterocycles. The van der Waals surface area contributed by atoms with Gasteiger partial charge in [-0.1, -0.05) is 0 Å². The van der Waals surface area contributed by atoms with Crippen LogP contribution < -0.4 is 5.73 Å². The molecule has 0 aliphatic rings.